The maximum Gasteiger partial charge on any atom is 0.0175 e. The molecule has 16 heavy (non-hydrogen) atoms. The van der Waals surface area contributed by atoms with E-state index < -0.39 is 0 Å². The summed E-state index contributed by atoms with van der Waals surface area (Å²) >= 11 is 5.19. The van der Waals surface area contributed by atoms with E-state index in [1.807, 2.05) is 0 Å². The van der Waals surface area contributed by atoms with Gasteiger partial charge in [0.2, 0.25) is 0 Å². The molecule has 0 saturated heterocycles. The fourth-order valence-corrected chi connectivity index (χ4v) is 2.74. The Morgan fingerprint density at radius 3 is 2.25 bits per heavy atom. The number of hydrogen-bond donors (Lipinski definition) is 0. The summed E-state index contributed by atoms with van der Waals surface area (Å²) in [6, 6.07) is 15.1. The van der Waals surface area contributed by atoms with Gasteiger partial charge in [0.05, 0.1) is 0 Å². The Hall–Kier alpha value is -1.12. The quantitative estimate of drug-likeness (QED) is 0.571. The Bertz CT molecular complexity index is 550. The predicted molar refractivity (Wildman–Crippen MR) is 74.1 cm³/mol. The molecule has 0 amide bonds. The van der Waals surface area contributed by atoms with E-state index in [9.17, 15) is 0 Å². The third-order valence-corrected chi connectivity index (χ3v) is 3.87. The van der Waals surface area contributed by atoms with Crippen LogP contribution in [-0.2, 0) is 0 Å². The van der Waals surface area contributed by atoms with Crippen molar-refractivity contribution in [1.82, 2.24) is 0 Å². The van der Waals surface area contributed by atoms with Crippen LogP contribution in [0.25, 0.3) is 22.3 Å². The number of rotatable bonds is 1. The second-order valence-electron chi connectivity index (χ2n) is 3.72. The molecule has 2 aliphatic rings. The first-order chi connectivity index (χ1) is 7.83. The molecule has 2 heteroatoms. The van der Waals surface area contributed by atoms with Crippen LogP contribution in [0.2, 0.25) is 0 Å². The average molecular weight is 289 g/mol. The van der Waals surface area contributed by atoms with Gasteiger partial charge in [0.1, 0.15) is 0 Å². The third-order valence-electron chi connectivity index (χ3n) is 2.65. The van der Waals surface area contributed by atoms with Gasteiger partial charge in [0.15, 0.2) is 0 Å². The van der Waals surface area contributed by atoms with Gasteiger partial charge in [-0.3, -0.25) is 0 Å². The van der Waals surface area contributed by atoms with Crippen LogP contribution in [0.4, 0.5) is 0 Å². The molecule has 1 aromatic rings. The molecule has 0 fully saturated rings. The first kappa shape index (κ1) is 10.1. The van der Waals surface area contributed by atoms with Crippen LogP contribution < -0.4 is 0 Å². The van der Waals surface area contributed by atoms with Crippen molar-refractivity contribution < 1.29 is 0 Å². The maximum atomic E-state index is 3.45. The summed E-state index contributed by atoms with van der Waals surface area (Å²) in [6.45, 7) is 0. The van der Waals surface area contributed by atoms with Crippen molar-refractivity contribution >= 4 is 27.3 Å². The van der Waals surface area contributed by atoms with E-state index in [4.69, 9.17) is 0 Å². The van der Waals surface area contributed by atoms with Crippen molar-refractivity contribution in [2.45, 2.75) is 0 Å². The summed E-state index contributed by atoms with van der Waals surface area (Å²) < 4.78 is 1.12. The minimum atomic E-state index is 1.12. The minimum Gasteiger partial charge on any atom is -0.152 e. The molecule has 0 saturated carbocycles. The Kier molecular flexibility index (Phi) is 2.54. The topological polar surface area (TPSA) is 0 Å². The lowest BCUT2D eigenvalue weighted by Crippen LogP contribution is -1.71. The van der Waals surface area contributed by atoms with Crippen LogP contribution in [0, 0.1) is 0 Å². The van der Waals surface area contributed by atoms with Gasteiger partial charge in [0, 0.05) is 4.47 Å². The lowest BCUT2D eigenvalue weighted by Gasteiger charge is -1.96. The zero-order chi connectivity index (χ0) is 11.0. The van der Waals surface area contributed by atoms with Gasteiger partial charge in [-0.15, -0.1) is 0 Å². The van der Waals surface area contributed by atoms with Crippen LogP contribution in [-0.4, -0.2) is 0 Å². The van der Waals surface area contributed by atoms with E-state index in [0.717, 1.165) is 4.47 Å². The number of hydrogen-bond acceptors (Lipinski definition) is 1. The van der Waals surface area contributed by atoms with Gasteiger partial charge < -0.3 is 0 Å². The van der Waals surface area contributed by atoms with Crippen LogP contribution in [0.1, 0.15) is 0 Å². The molecule has 0 nitrogen and oxygen atoms in total. The van der Waals surface area contributed by atoms with E-state index in [2.05, 4.69) is 69.2 Å². The molecule has 1 heterocycles. The molecule has 1 aliphatic heterocycles. The van der Waals surface area contributed by atoms with Crippen LogP contribution >= 0.6 is 27.3 Å². The van der Waals surface area contributed by atoms with Crippen molar-refractivity contribution in [2.24, 2.45) is 0 Å². The lowest BCUT2D eigenvalue weighted by molar-refractivity contribution is 1.63. The predicted octanol–water partition coefficient (Wildman–Crippen LogP) is 5.28. The first-order valence-corrected chi connectivity index (χ1v) is 6.78. The molecule has 0 atom stereocenters. The van der Waals surface area contributed by atoms with Crippen molar-refractivity contribution in [3.05, 3.63) is 57.7 Å². The molecule has 0 unspecified atom stereocenters. The van der Waals surface area contributed by atoms with E-state index in [-0.39, 0.29) is 0 Å². The average Bonchev–Trinajstić information content (AvgIpc) is 2.73. The SMILES string of the molecule is Brc1ccc(-c2cc3ccscc-3c2)cc1. The molecule has 0 radical (unpaired) electrons. The van der Waals surface area contributed by atoms with Gasteiger partial charge in [-0.05, 0) is 63.3 Å². The van der Waals surface area contributed by atoms with E-state index in [1.54, 1.807) is 11.3 Å². The summed E-state index contributed by atoms with van der Waals surface area (Å²) in [5, 5.41) is 4.31. The highest BCUT2D eigenvalue weighted by Gasteiger charge is 2.06. The van der Waals surface area contributed by atoms with Crippen LogP contribution in [0.3, 0.4) is 0 Å². The largest absolute Gasteiger partial charge is 0.152 e. The molecule has 0 aromatic heterocycles. The second-order valence-corrected chi connectivity index (χ2v) is 5.41. The summed E-state index contributed by atoms with van der Waals surface area (Å²) in [7, 11) is 0. The minimum absolute atomic E-state index is 1.12. The van der Waals surface area contributed by atoms with Crippen molar-refractivity contribution in [3.8, 4) is 22.3 Å². The molecule has 0 spiro atoms. The second kappa shape index (κ2) is 4.04. The molecule has 3 rings (SSSR count). The summed E-state index contributed by atoms with van der Waals surface area (Å²) in [4.78, 5) is 0. The van der Waals surface area contributed by atoms with E-state index >= 15 is 0 Å². The Labute approximate surface area is 107 Å². The van der Waals surface area contributed by atoms with Gasteiger partial charge in [-0.25, -0.2) is 0 Å². The monoisotopic (exact) mass is 288 g/mol. The Morgan fingerprint density at radius 1 is 0.750 bits per heavy atom. The Morgan fingerprint density at radius 2 is 1.50 bits per heavy atom. The maximum absolute atomic E-state index is 3.45. The molecular formula is C14H9BrS. The highest BCUT2D eigenvalue weighted by molar-refractivity contribution is 9.10. The third kappa shape index (κ3) is 1.79. The zero-order valence-electron chi connectivity index (χ0n) is 8.48. The highest BCUT2D eigenvalue weighted by atomic mass is 79.9. The van der Waals surface area contributed by atoms with Crippen molar-refractivity contribution in [3.63, 3.8) is 0 Å². The van der Waals surface area contributed by atoms with Crippen molar-refractivity contribution in [1.29, 1.82) is 0 Å². The van der Waals surface area contributed by atoms with Crippen LogP contribution in [0.15, 0.2) is 57.7 Å². The van der Waals surface area contributed by atoms with Gasteiger partial charge in [-0.1, -0.05) is 28.1 Å². The fraction of sp³-hybridized carbons (Fsp3) is 0. The molecule has 1 aromatic carbocycles. The van der Waals surface area contributed by atoms with E-state index in [0.29, 0.717) is 0 Å². The molecule has 1 aliphatic carbocycles. The zero-order valence-corrected chi connectivity index (χ0v) is 10.9. The molecule has 0 bridgehead atoms. The summed E-state index contributed by atoms with van der Waals surface area (Å²) in [5.41, 5.74) is 5.20. The standard InChI is InChI=1S/C14H9BrS/c15-14-3-1-10(2-4-14)12-7-11-5-6-16-9-13(11)8-12/h1-9H. The summed E-state index contributed by atoms with van der Waals surface area (Å²) in [5.74, 6) is 0. The molecular weight excluding hydrogens is 280 g/mol. The Balaban J connectivity index is 2.13. The van der Waals surface area contributed by atoms with Gasteiger partial charge in [-0.2, -0.15) is 11.3 Å². The van der Waals surface area contributed by atoms with Crippen molar-refractivity contribution in [2.75, 3.05) is 0 Å². The number of fused-ring (bicyclic) bond motifs is 1. The van der Waals surface area contributed by atoms with Gasteiger partial charge in [0.25, 0.3) is 0 Å². The first-order valence-electron chi connectivity index (χ1n) is 5.05. The highest BCUT2D eigenvalue weighted by Crippen LogP contribution is 2.33. The normalized spacial score (nSPS) is 10.8. The summed E-state index contributed by atoms with van der Waals surface area (Å²) in [6.07, 6.45) is 0. The molecule has 78 valence electrons. The van der Waals surface area contributed by atoms with Crippen LogP contribution in [0.5, 0.6) is 0 Å². The van der Waals surface area contributed by atoms with E-state index in [1.165, 1.54) is 22.3 Å². The number of benzene rings is 1. The lowest BCUT2D eigenvalue weighted by atomic mass is 10.1. The smallest absolute Gasteiger partial charge is 0.0175 e. The fourth-order valence-electron chi connectivity index (χ4n) is 1.82. The van der Waals surface area contributed by atoms with Gasteiger partial charge >= 0.3 is 0 Å². The molecule has 0 N–H and O–H groups in total. The number of halogens is 1.